The van der Waals surface area contributed by atoms with E-state index in [1.165, 1.54) is 13.2 Å². The summed E-state index contributed by atoms with van der Waals surface area (Å²) in [4.78, 5) is 11.6. The van der Waals surface area contributed by atoms with Crippen LogP contribution in [0.5, 0.6) is 0 Å². The van der Waals surface area contributed by atoms with Gasteiger partial charge in [0.05, 0.1) is 12.6 Å². The van der Waals surface area contributed by atoms with E-state index in [9.17, 15) is 9.90 Å². The summed E-state index contributed by atoms with van der Waals surface area (Å²) >= 11 is 0. The lowest BCUT2D eigenvalue weighted by Crippen LogP contribution is -2.48. The highest BCUT2D eigenvalue weighted by atomic mass is 16.7. The first-order chi connectivity index (χ1) is 8.34. The quantitative estimate of drug-likeness (QED) is 0.529. The fourth-order valence-electron chi connectivity index (χ4n) is 1.19. The number of aliphatic hydroxyl groups is 1. The van der Waals surface area contributed by atoms with Gasteiger partial charge in [0, 0.05) is 7.11 Å². The Bertz CT molecular complexity index is 262. The van der Waals surface area contributed by atoms with Crippen LogP contribution in [0.15, 0.2) is 12.7 Å². The second-order valence-corrected chi connectivity index (χ2v) is 4.71. The van der Waals surface area contributed by atoms with Gasteiger partial charge in [-0.15, -0.1) is 6.58 Å². The Morgan fingerprint density at radius 1 is 1.50 bits per heavy atom. The summed E-state index contributed by atoms with van der Waals surface area (Å²) in [6.07, 6.45) is 0.314. The van der Waals surface area contributed by atoms with Gasteiger partial charge in [0.2, 0.25) is 0 Å². The molecule has 1 amide bonds. The van der Waals surface area contributed by atoms with Crippen molar-refractivity contribution in [1.29, 1.82) is 0 Å². The highest BCUT2D eigenvalue weighted by molar-refractivity contribution is 5.68. The molecule has 0 saturated heterocycles. The van der Waals surface area contributed by atoms with E-state index < -0.39 is 23.8 Å². The molecule has 2 N–H and O–H groups in total. The highest BCUT2D eigenvalue weighted by Crippen LogP contribution is 2.08. The minimum Gasteiger partial charge on any atom is -0.444 e. The summed E-state index contributed by atoms with van der Waals surface area (Å²) in [5.41, 5.74) is -0.596. The molecule has 0 rings (SSSR count). The second kappa shape index (κ2) is 8.07. The van der Waals surface area contributed by atoms with Crippen LogP contribution in [0.4, 0.5) is 4.79 Å². The van der Waals surface area contributed by atoms with Gasteiger partial charge in [-0.25, -0.2) is 4.79 Å². The lowest BCUT2D eigenvalue weighted by Gasteiger charge is -2.26. The summed E-state index contributed by atoms with van der Waals surface area (Å²) in [5.74, 6) is 0. The Labute approximate surface area is 108 Å². The Morgan fingerprint density at radius 3 is 2.50 bits per heavy atom. The number of hydrogen-bond acceptors (Lipinski definition) is 5. The van der Waals surface area contributed by atoms with E-state index in [2.05, 4.69) is 11.9 Å². The van der Waals surface area contributed by atoms with Crippen molar-refractivity contribution >= 4 is 6.09 Å². The maximum absolute atomic E-state index is 11.6. The maximum Gasteiger partial charge on any atom is 0.408 e. The number of nitrogens with one attached hydrogen (secondary N) is 1. The summed E-state index contributed by atoms with van der Waals surface area (Å²) < 4.78 is 15.1. The van der Waals surface area contributed by atoms with Crippen LogP contribution in [0.25, 0.3) is 0 Å². The fraction of sp³-hybridized carbons (Fsp3) is 0.750. The van der Waals surface area contributed by atoms with Gasteiger partial charge in [0.15, 0.2) is 0 Å². The molecule has 106 valence electrons. The molecule has 6 nitrogen and oxygen atoms in total. The van der Waals surface area contributed by atoms with Gasteiger partial charge in [-0.05, 0) is 20.8 Å². The number of hydrogen-bond donors (Lipinski definition) is 2. The normalized spacial score (nSPS) is 14.7. The zero-order chi connectivity index (χ0) is 14.2. The van der Waals surface area contributed by atoms with Gasteiger partial charge in [-0.1, -0.05) is 6.08 Å². The van der Waals surface area contributed by atoms with Crippen LogP contribution >= 0.6 is 0 Å². The van der Waals surface area contributed by atoms with Gasteiger partial charge >= 0.3 is 6.09 Å². The fourth-order valence-corrected chi connectivity index (χ4v) is 1.19. The molecule has 2 atom stereocenters. The van der Waals surface area contributed by atoms with Crippen molar-refractivity contribution in [2.75, 3.05) is 20.5 Å². The predicted octanol–water partition coefficient (Wildman–Crippen LogP) is 1.05. The number of rotatable bonds is 7. The van der Waals surface area contributed by atoms with Crippen molar-refractivity contribution in [2.45, 2.75) is 38.5 Å². The maximum atomic E-state index is 11.6. The van der Waals surface area contributed by atoms with Crippen molar-refractivity contribution in [2.24, 2.45) is 0 Å². The van der Waals surface area contributed by atoms with Crippen LogP contribution in [-0.2, 0) is 14.2 Å². The second-order valence-electron chi connectivity index (χ2n) is 4.71. The first-order valence-corrected chi connectivity index (χ1v) is 5.67. The zero-order valence-corrected chi connectivity index (χ0v) is 11.4. The molecule has 0 aliphatic carbocycles. The minimum absolute atomic E-state index is 0.0448. The van der Waals surface area contributed by atoms with Crippen LogP contribution in [0, 0.1) is 0 Å². The third-order valence-electron chi connectivity index (χ3n) is 1.91. The molecule has 0 heterocycles. The Kier molecular flexibility index (Phi) is 7.58. The van der Waals surface area contributed by atoms with Crippen molar-refractivity contribution < 1.29 is 24.1 Å². The number of ether oxygens (including phenoxy) is 3. The van der Waals surface area contributed by atoms with Crippen molar-refractivity contribution in [3.05, 3.63) is 12.7 Å². The summed E-state index contributed by atoms with van der Waals surface area (Å²) in [6.45, 7) is 8.60. The number of methoxy groups -OCH3 is 1. The number of alkyl carbamates (subject to hydrolysis) is 1. The van der Waals surface area contributed by atoms with E-state index in [-0.39, 0.29) is 13.4 Å². The first-order valence-electron chi connectivity index (χ1n) is 5.67. The predicted molar refractivity (Wildman–Crippen MR) is 67.2 cm³/mol. The molecule has 0 bridgehead atoms. The van der Waals surface area contributed by atoms with Crippen LogP contribution in [-0.4, -0.2) is 49.5 Å². The average Bonchev–Trinajstić information content (AvgIpc) is 2.25. The minimum atomic E-state index is -0.632. The van der Waals surface area contributed by atoms with Crippen LogP contribution in [0.1, 0.15) is 20.8 Å². The molecule has 0 spiro atoms. The molecular weight excluding hydrogens is 238 g/mol. The van der Waals surface area contributed by atoms with Gasteiger partial charge in [-0.3, -0.25) is 0 Å². The Hall–Kier alpha value is -1.11. The van der Waals surface area contributed by atoms with Gasteiger partial charge in [0.1, 0.15) is 18.5 Å². The molecule has 1 unspecified atom stereocenters. The van der Waals surface area contributed by atoms with E-state index in [0.29, 0.717) is 0 Å². The van der Waals surface area contributed by atoms with E-state index in [0.717, 1.165) is 0 Å². The number of carbonyl (C=O) groups excluding carboxylic acids is 1. The first kappa shape index (κ1) is 16.9. The summed E-state index contributed by atoms with van der Waals surface area (Å²) in [6, 6.07) is -0.632. The third kappa shape index (κ3) is 7.26. The standard InChI is InChI=1S/C12H23NO5/c1-6-10(17-8-16-5)9(7-14)13-11(15)18-12(2,3)4/h6,9-10,14H,1,7-8H2,2-5H3,(H,13,15)/t9-,10?/m0/s1. The van der Waals surface area contributed by atoms with Crippen molar-refractivity contribution in [3.8, 4) is 0 Å². The molecule has 0 radical (unpaired) electrons. The van der Waals surface area contributed by atoms with Crippen LogP contribution in [0.3, 0.4) is 0 Å². The largest absolute Gasteiger partial charge is 0.444 e. The van der Waals surface area contributed by atoms with Crippen LogP contribution in [0.2, 0.25) is 0 Å². The Morgan fingerprint density at radius 2 is 2.11 bits per heavy atom. The Balaban J connectivity index is 4.38. The molecule has 6 heteroatoms. The molecule has 18 heavy (non-hydrogen) atoms. The SMILES string of the molecule is C=CC(OCOC)[C@H](CO)NC(=O)OC(C)(C)C. The summed E-state index contributed by atoms with van der Waals surface area (Å²) in [5, 5.41) is 11.8. The smallest absolute Gasteiger partial charge is 0.408 e. The molecule has 0 aliphatic rings. The topological polar surface area (TPSA) is 77.0 Å². The van der Waals surface area contributed by atoms with Crippen molar-refractivity contribution in [1.82, 2.24) is 5.32 Å². The average molecular weight is 261 g/mol. The number of aliphatic hydroxyl groups excluding tert-OH is 1. The van der Waals surface area contributed by atoms with Crippen molar-refractivity contribution in [3.63, 3.8) is 0 Å². The molecule has 0 aliphatic heterocycles. The molecular formula is C12H23NO5. The zero-order valence-electron chi connectivity index (χ0n) is 11.4. The molecule has 0 saturated carbocycles. The lowest BCUT2D eigenvalue weighted by molar-refractivity contribution is -0.0711. The van der Waals surface area contributed by atoms with Gasteiger partial charge < -0.3 is 24.6 Å². The number of amides is 1. The molecule has 0 aromatic heterocycles. The van der Waals surface area contributed by atoms with E-state index >= 15 is 0 Å². The van der Waals surface area contributed by atoms with E-state index in [4.69, 9.17) is 14.2 Å². The lowest BCUT2D eigenvalue weighted by atomic mass is 10.1. The number of carbonyl (C=O) groups is 1. The summed E-state index contributed by atoms with van der Waals surface area (Å²) in [7, 11) is 1.48. The van der Waals surface area contributed by atoms with E-state index in [1.54, 1.807) is 20.8 Å². The van der Waals surface area contributed by atoms with E-state index in [1.807, 2.05) is 0 Å². The molecule has 0 aromatic rings. The third-order valence-corrected chi connectivity index (χ3v) is 1.91. The van der Waals surface area contributed by atoms with Gasteiger partial charge in [0.25, 0.3) is 0 Å². The van der Waals surface area contributed by atoms with Crippen LogP contribution < -0.4 is 5.32 Å². The molecule has 0 aromatic carbocycles. The molecule has 0 fully saturated rings. The monoisotopic (exact) mass is 261 g/mol. The van der Waals surface area contributed by atoms with Gasteiger partial charge in [-0.2, -0.15) is 0 Å². The highest BCUT2D eigenvalue weighted by Gasteiger charge is 2.24.